The lowest BCUT2D eigenvalue weighted by Crippen LogP contribution is -2.09. The summed E-state index contributed by atoms with van der Waals surface area (Å²) in [5.74, 6) is 0. The van der Waals surface area contributed by atoms with Crippen molar-refractivity contribution in [3.63, 3.8) is 0 Å². The third-order valence-electron chi connectivity index (χ3n) is 15.0. The molecule has 0 bridgehead atoms. The molecule has 13 aromatic rings. The van der Waals surface area contributed by atoms with Crippen LogP contribution < -0.4 is 19.6 Å². The van der Waals surface area contributed by atoms with Crippen molar-refractivity contribution < 1.29 is 0 Å². The summed E-state index contributed by atoms with van der Waals surface area (Å²) >= 11 is 0. The number of anilines is 12. The second-order valence-corrected chi connectivity index (χ2v) is 20.2. The zero-order valence-corrected chi connectivity index (χ0v) is 45.3. The van der Waals surface area contributed by atoms with Gasteiger partial charge in [0.05, 0.1) is 0 Å². The first-order chi connectivity index (χ1) is 40.7. The second-order valence-electron chi connectivity index (χ2n) is 20.2. The van der Waals surface area contributed by atoms with Crippen molar-refractivity contribution in [2.45, 2.75) is 0 Å². The summed E-state index contributed by atoms with van der Waals surface area (Å²) in [5, 5.41) is 0. The van der Waals surface area contributed by atoms with E-state index < -0.39 is 0 Å². The molecule has 0 amide bonds. The van der Waals surface area contributed by atoms with Crippen molar-refractivity contribution >= 4 is 68.2 Å². The first-order valence-electron chi connectivity index (χ1n) is 27.9. The van der Waals surface area contributed by atoms with Crippen molar-refractivity contribution in [2.75, 3.05) is 19.6 Å². The maximum atomic E-state index is 2.43. The van der Waals surface area contributed by atoms with E-state index in [-0.39, 0.29) is 0 Å². The highest BCUT2D eigenvalue weighted by Crippen LogP contribution is 2.46. The summed E-state index contributed by atoms with van der Waals surface area (Å²) in [4.78, 5) is 9.27. The van der Waals surface area contributed by atoms with E-state index in [9.17, 15) is 0 Å². The van der Waals surface area contributed by atoms with Crippen LogP contribution in [-0.2, 0) is 0 Å². The van der Waals surface area contributed by atoms with Gasteiger partial charge in [-0.1, -0.05) is 194 Å². The minimum absolute atomic E-state index is 1.07. The summed E-state index contributed by atoms with van der Waals surface area (Å²) in [5.41, 5.74) is 22.0. The first-order valence-corrected chi connectivity index (χ1v) is 27.9. The van der Waals surface area contributed by atoms with Crippen molar-refractivity contribution in [1.82, 2.24) is 0 Å². The molecule has 4 nitrogen and oxygen atoms in total. The monoisotopic (exact) mass is 1050 g/mol. The molecule has 82 heavy (non-hydrogen) atoms. The highest BCUT2D eigenvalue weighted by molar-refractivity contribution is 5.97. The van der Waals surface area contributed by atoms with Gasteiger partial charge in [0, 0.05) is 68.2 Å². The van der Waals surface area contributed by atoms with Crippen LogP contribution in [0.3, 0.4) is 0 Å². The van der Waals surface area contributed by atoms with Crippen LogP contribution in [0.1, 0.15) is 0 Å². The van der Waals surface area contributed by atoms with E-state index in [1.54, 1.807) is 0 Å². The molecule has 4 heteroatoms. The zero-order valence-electron chi connectivity index (χ0n) is 45.3. The van der Waals surface area contributed by atoms with E-state index in [1.807, 2.05) is 0 Å². The Kier molecular flexibility index (Phi) is 14.5. The Hall–Kier alpha value is -10.9. The molecular weight excluding hydrogens is 993 g/mol. The van der Waals surface area contributed by atoms with Gasteiger partial charge in [-0.15, -0.1) is 0 Å². The third kappa shape index (κ3) is 10.7. The average Bonchev–Trinajstić information content (AvgIpc) is 3.75. The Morgan fingerprint density at radius 3 is 0.378 bits per heavy atom. The predicted molar refractivity (Wildman–Crippen MR) is 347 cm³/mol. The summed E-state index contributed by atoms with van der Waals surface area (Å²) in [6.07, 6.45) is 0. The molecule has 0 aliphatic heterocycles. The van der Waals surface area contributed by atoms with Gasteiger partial charge >= 0.3 is 0 Å². The van der Waals surface area contributed by atoms with Crippen molar-refractivity contribution in [1.29, 1.82) is 0 Å². The van der Waals surface area contributed by atoms with E-state index in [2.05, 4.69) is 371 Å². The van der Waals surface area contributed by atoms with Crippen molar-refractivity contribution in [2.24, 2.45) is 0 Å². The van der Waals surface area contributed by atoms with Crippen LogP contribution in [0.15, 0.2) is 352 Å². The largest absolute Gasteiger partial charge is 0.311 e. The number of rotatable bonds is 16. The molecule has 0 radical (unpaired) electrons. The number of para-hydroxylation sites is 8. The molecule has 13 rings (SSSR count). The van der Waals surface area contributed by atoms with Gasteiger partial charge in [-0.2, -0.15) is 0 Å². The van der Waals surface area contributed by atoms with Crippen LogP contribution in [0.25, 0.3) is 44.5 Å². The standard InChI is InChI=1S/C78H58N4/c1-9-25-63(26-10-1)79(64-27-11-2-12-28-64)71-49-41-59(42-50-71)75-57-77(61-45-53-73(54-46-61)81(67-33-17-5-18-34-67)68-35-19-6-20-36-68)78(62-47-55-74(56-48-62)82(69-37-21-7-22-38-69)70-39-23-8-24-40-70)58-76(75)60-43-51-72(52-44-60)80(65-29-13-3-14-30-65)66-31-15-4-16-32-66/h1-58H. The number of nitrogens with zero attached hydrogens (tertiary/aromatic N) is 4. The fourth-order valence-corrected chi connectivity index (χ4v) is 11.1. The molecule has 0 aromatic heterocycles. The summed E-state index contributed by atoms with van der Waals surface area (Å²) in [6, 6.07) is 126. The highest BCUT2D eigenvalue weighted by Gasteiger charge is 2.21. The van der Waals surface area contributed by atoms with Gasteiger partial charge in [-0.05, 0) is 202 Å². The molecule has 0 heterocycles. The smallest absolute Gasteiger partial charge is 0.0462 e. The predicted octanol–water partition coefficient (Wildman–Crippen LogP) is 22.2. The number of benzene rings is 13. The maximum Gasteiger partial charge on any atom is 0.0462 e. The maximum absolute atomic E-state index is 2.43. The number of hydrogen-bond acceptors (Lipinski definition) is 4. The summed E-state index contributed by atoms with van der Waals surface area (Å²) < 4.78 is 0. The van der Waals surface area contributed by atoms with E-state index >= 15 is 0 Å². The van der Waals surface area contributed by atoms with Crippen LogP contribution in [-0.4, -0.2) is 0 Å². The Morgan fingerprint density at radius 1 is 0.122 bits per heavy atom. The summed E-state index contributed by atoms with van der Waals surface area (Å²) in [7, 11) is 0. The first kappa shape index (κ1) is 50.6. The van der Waals surface area contributed by atoms with E-state index in [1.165, 1.54) is 0 Å². The lowest BCUT2D eigenvalue weighted by Gasteiger charge is -2.27. The summed E-state index contributed by atoms with van der Waals surface area (Å²) in [6.45, 7) is 0. The molecule has 0 fully saturated rings. The van der Waals surface area contributed by atoms with Crippen LogP contribution in [0.4, 0.5) is 68.2 Å². The van der Waals surface area contributed by atoms with Crippen LogP contribution >= 0.6 is 0 Å². The Labute approximate surface area is 481 Å². The van der Waals surface area contributed by atoms with Gasteiger partial charge in [0.2, 0.25) is 0 Å². The molecule has 0 aliphatic rings. The third-order valence-corrected chi connectivity index (χ3v) is 15.0. The normalized spacial score (nSPS) is 10.9. The molecular formula is C78H58N4. The van der Waals surface area contributed by atoms with Crippen LogP contribution in [0, 0.1) is 0 Å². The molecule has 390 valence electrons. The zero-order chi connectivity index (χ0) is 54.9. The minimum Gasteiger partial charge on any atom is -0.311 e. The Balaban J connectivity index is 0.997. The van der Waals surface area contributed by atoms with Crippen molar-refractivity contribution in [3.05, 3.63) is 352 Å². The van der Waals surface area contributed by atoms with Gasteiger partial charge in [0.1, 0.15) is 0 Å². The SMILES string of the molecule is c1ccc(N(c2ccccc2)c2ccc(-c3cc(-c4ccc(N(c5ccccc5)c5ccccc5)cc4)c(-c4ccc(N(c5ccccc5)c5ccccc5)cc4)cc3-c3ccc(N(c4ccccc4)c4ccccc4)cc3)cc2)cc1. The molecule has 0 unspecified atom stereocenters. The van der Waals surface area contributed by atoms with Gasteiger partial charge < -0.3 is 19.6 Å². The molecule has 0 N–H and O–H groups in total. The Morgan fingerprint density at radius 2 is 0.244 bits per heavy atom. The quantitative estimate of drug-likeness (QED) is 0.0956. The lowest BCUT2D eigenvalue weighted by atomic mass is 9.85. The second kappa shape index (κ2) is 23.6. The lowest BCUT2D eigenvalue weighted by molar-refractivity contribution is 1.28. The fourth-order valence-electron chi connectivity index (χ4n) is 11.1. The Bertz CT molecular complexity index is 3430. The van der Waals surface area contributed by atoms with Gasteiger partial charge in [-0.25, -0.2) is 0 Å². The van der Waals surface area contributed by atoms with Gasteiger partial charge in [0.25, 0.3) is 0 Å². The minimum atomic E-state index is 1.07. The van der Waals surface area contributed by atoms with Gasteiger partial charge in [0.15, 0.2) is 0 Å². The van der Waals surface area contributed by atoms with Crippen LogP contribution in [0.2, 0.25) is 0 Å². The molecule has 0 saturated carbocycles. The average molecular weight is 1050 g/mol. The molecule has 13 aromatic carbocycles. The highest BCUT2D eigenvalue weighted by atomic mass is 15.2. The molecule has 0 atom stereocenters. The fraction of sp³-hybridized carbons (Fsp3) is 0. The number of hydrogen-bond donors (Lipinski definition) is 0. The van der Waals surface area contributed by atoms with E-state index in [4.69, 9.17) is 0 Å². The molecule has 0 saturated heterocycles. The van der Waals surface area contributed by atoms with E-state index in [0.29, 0.717) is 0 Å². The topological polar surface area (TPSA) is 13.0 Å². The van der Waals surface area contributed by atoms with Crippen LogP contribution in [0.5, 0.6) is 0 Å². The molecule has 0 aliphatic carbocycles. The van der Waals surface area contributed by atoms with Gasteiger partial charge in [-0.3, -0.25) is 0 Å². The molecule has 0 spiro atoms. The van der Waals surface area contributed by atoms with Crippen molar-refractivity contribution in [3.8, 4) is 44.5 Å². The van der Waals surface area contributed by atoms with E-state index in [0.717, 1.165) is 113 Å².